The average Bonchev–Trinajstić information content (AvgIpc) is 2.28. The van der Waals surface area contributed by atoms with E-state index in [0.29, 0.717) is 0 Å². The zero-order valence-electron chi connectivity index (χ0n) is 11.2. The molecule has 0 unspecified atom stereocenters. The van der Waals surface area contributed by atoms with Crippen LogP contribution in [0, 0.1) is 5.92 Å². The minimum absolute atomic E-state index is 0.730. The van der Waals surface area contributed by atoms with Crippen LogP contribution in [0.1, 0.15) is 44.3 Å². The Balaban J connectivity index is 2.09. The molecule has 0 spiro atoms. The van der Waals surface area contributed by atoms with E-state index in [1.165, 1.54) is 17.8 Å². The van der Waals surface area contributed by atoms with Crippen molar-refractivity contribution in [3.05, 3.63) is 23.3 Å². The summed E-state index contributed by atoms with van der Waals surface area (Å²) in [6.45, 7) is 10.1. The van der Waals surface area contributed by atoms with Crippen LogP contribution >= 0.6 is 0 Å². The topological polar surface area (TPSA) is 29.0 Å². The summed E-state index contributed by atoms with van der Waals surface area (Å²) in [5.74, 6) is 1.74. The minimum atomic E-state index is 0.730. The molecule has 94 valence electrons. The fourth-order valence-electron chi connectivity index (χ4n) is 2.41. The highest BCUT2D eigenvalue weighted by Gasteiger charge is 2.18. The van der Waals surface area contributed by atoms with Crippen molar-refractivity contribution in [2.24, 2.45) is 5.92 Å². The van der Waals surface area contributed by atoms with Gasteiger partial charge < -0.3 is 0 Å². The average molecular weight is 233 g/mol. The van der Waals surface area contributed by atoms with Crippen LogP contribution in [0.15, 0.2) is 6.20 Å². The third-order valence-corrected chi connectivity index (χ3v) is 3.17. The van der Waals surface area contributed by atoms with Gasteiger partial charge in [0.25, 0.3) is 0 Å². The first-order valence-corrected chi connectivity index (χ1v) is 6.75. The molecule has 1 aliphatic rings. The highest BCUT2D eigenvalue weighted by atomic mass is 15.1. The first kappa shape index (κ1) is 12.5. The largest absolute Gasteiger partial charge is 0.297 e. The second-order valence-electron chi connectivity index (χ2n) is 5.39. The van der Waals surface area contributed by atoms with E-state index in [9.17, 15) is 0 Å². The Morgan fingerprint density at radius 1 is 1.41 bits per heavy atom. The van der Waals surface area contributed by atoms with E-state index < -0.39 is 0 Å². The zero-order chi connectivity index (χ0) is 12.3. The lowest BCUT2D eigenvalue weighted by atomic mass is 10.1. The molecular formula is C14H23N3. The van der Waals surface area contributed by atoms with Crippen LogP contribution in [-0.4, -0.2) is 28.0 Å². The number of fused-ring (bicyclic) bond motifs is 1. The van der Waals surface area contributed by atoms with Gasteiger partial charge in [-0.3, -0.25) is 4.90 Å². The summed E-state index contributed by atoms with van der Waals surface area (Å²) in [6.07, 6.45) is 5.26. The van der Waals surface area contributed by atoms with E-state index >= 15 is 0 Å². The molecule has 0 atom stereocenters. The standard InChI is InChI=1S/C14H23N3/c1-4-5-14-15-8-12-6-7-17(9-11(2)3)10-13(12)16-14/h8,11H,4-7,9-10H2,1-3H3. The van der Waals surface area contributed by atoms with Gasteiger partial charge in [0.15, 0.2) is 0 Å². The maximum absolute atomic E-state index is 4.71. The summed E-state index contributed by atoms with van der Waals surface area (Å²) in [4.78, 5) is 11.7. The molecule has 2 rings (SSSR count). The Morgan fingerprint density at radius 2 is 2.24 bits per heavy atom. The third-order valence-electron chi connectivity index (χ3n) is 3.17. The van der Waals surface area contributed by atoms with Crippen molar-refractivity contribution in [1.29, 1.82) is 0 Å². The first-order valence-electron chi connectivity index (χ1n) is 6.75. The van der Waals surface area contributed by atoms with Crippen molar-refractivity contribution in [2.45, 2.75) is 46.6 Å². The van der Waals surface area contributed by atoms with Crippen LogP contribution in [0.4, 0.5) is 0 Å². The molecule has 2 heterocycles. The van der Waals surface area contributed by atoms with Crippen molar-refractivity contribution in [3.63, 3.8) is 0 Å². The highest BCUT2D eigenvalue weighted by Crippen LogP contribution is 2.17. The van der Waals surface area contributed by atoms with E-state index in [4.69, 9.17) is 4.98 Å². The maximum atomic E-state index is 4.71. The fraction of sp³-hybridized carbons (Fsp3) is 0.714. The minimum Gasteiger partial charge on any atom is -0.297 e. The van der Waals surface area contributed by atoms with Gasteiger partial charge in [-0.15, -0.1) is 0 Å². The quantitative estimate of drug-likeness (QED) is 0.800. The highest BCUT2D eigenvalue weighted by molar-refractivity contribution is 5.20. The molecule has 0 fully saturated rings. The zero-order valence-corrected chi connectivity index (χ0v) is 11.2. The van der Waals surface area contributed by atoms with Gasteiger partial charge in [-0.25, -0.2) is 9.97 Å². The van der Waals surface area contributed by atoms with Crippen LogP contribution in [0.25, 0.3) is 0 Å². The number of rotatable bonds is 4. The van der Waals surface area contributed by atoms with Gasteiger partial charge in [-0.2, -0.15) is 0 Å². The van der Waals surface area contributed by atoms with Gasteiger partial charge in [0.1, 0.15) is 5.82 Å². The van der Waals surface area contributed by atoms with Crippen molar-refractivity contribution >= 4 is 0 Å². The summed E-state index contributed by atoms with van der Waals surface area (Å²) in [6, 6.07) is 0. The number of hydrogen-bond acceptors (Lipinski definition) is 3. The van der Waals surface area contributed by atoms with Crippen LogP contribution in [0.3, 0.4) is 0 Å². The van der Waals surface area contributed by atoms with Gasteiger partial charge in [0.2, 0.25) is 0 Å². The summed E-state index contributed by atoms with van der Waals surface area (Å²) in [5, 5.41) is 0. The molecule has 0 saturated heterocycles. The second kappa shape index (κ2) is 5.58. The monoisotopic (exact) mass is 233 g/mol. The summed E-state index contributed by atoms with van der Waals surface area (Å²) in [7, 11) is 0. The van der Waals surface area contributed by atoms with E-state index in [1.54, 1.807) is 0 Å². The number of nitrogens with zero attached hydrogens (tertiary/aromatic N) is 3. The molecule has 0 radical (unpaired) electrons. The number of aromatic nitrogens is 2. The maximum Gasteiger partial charge on any atom is 0.128 e. The van der Waals surface area contributed by atoms with E-state index in [0.717, 1.165) is 44.1 Å². The summed E-state index contributed by atoms with van der Waals surface area (Å²) < 4.78 is 0. The van der Waals surface area contributed by atoms with Crippen LogP contribution in [0.5, 0.6) is 0 Å². The molecule has 0 aromatic carbocycles. The van der Waals surface area contributed by atoms with Gasteiger partial charge in [0, 0.05) is 32.3 Å². The van der Waals surface area contributed by atoms with Crippen molar-refractivity contribution in [2.75, 3.05) is 13.1 Å². The molecule has 17 heavy (non-hydrogen) atoms. The van der Waals surface area contributed by atoms with Crippen LogP contribution in [-0.2, 0) is 19.4 Å². The van der Waals surface area contributed by atoms with Crippen molar-refractivity contribution in [3.8, 4) is 0 Å². The first-order chi connectivity index (χ1) is 8.19. The lowest BCUT2D eigenvalue weighted by Gasteiger charge is -2.29. The molecule has 0 bridgehead atoms. The normalized spacial score (nSPS) is 16.2. The van der Waals surface area contributed by atoms with E-state index in [2.05, 4.69) is 30.7 Å². The molecule has 0 N–H and O–H groups in total. The Morgan fingerprint density at radius 3 is 2.94 bits per heavy atom. The molecule has 0 aliphatic carbocycles. The summed E-state index contributed by atoms with van der Waals surface area (Å²) >= 11 is 0. The van der Waals surface area contributed by atoms with Crippen LogP contribution < -0.4 is 0 Å². The molecule has 0 amide bonds. The van der Waals surface area contributed by atoms with Crippen molar-refractivity contribution < 1.29 is 0 Å². The van der Waals surface area contributed by atoms with Gasteiger partial charge >= 0.3 is 0 Å². The molecule has 3 nitrogen and oxygen atoms in total. The lowest BCUT2D eigenvalue weighted by molar-refractivity contribution is 0.222. The van der Waals surface area contributed by atoms with E-state index in [-0.39, 0.29) is 0 Å². The predicted octanol–water partition coefficient (Wildman–Crippen LogP) is 2.44. The SMILES string of the molecule is CCCc1ncc2c(n1)CN(CC(C)C)CC2. The Bertz CT molecular complexity index is 374. The van der Waals surface area contributed by atoms with Gasteiger partial charge in [-0.1, -0.05) is 20.8 Å². The van der Waals surface area contributed by atoms with E-state index in [1.807, 2.05) is 6.20 Å². The number of hydrogen-bond donors (Lipinski definition) is 0. The fourth-order valence-corrected chi connectivity index (χ4v) is 2.41. The molecule has 3 heteroatoms. The molecule has 1 aromatic heterocycles. The third kappa shape index (κ3) is 3.25. The molecule has 1 aliphatic heterocycles. The lowest BCUT2D eigenvalue weighted by Crippen LogP contribution is -2.34. The van der Waals surface area contributed by atoms with Crippen LogP contribution in [0.2, 0.25) is 0 Å². The Hall–Kier alpha value is -0.960. The molecular weight excluding hydrogens is 210 g/mol. The Kier molecular flexibility index (Phi) is 4.11. The van der Waals surface area contributed by atoms with Crippen molar-refractivity contribution in [1.82, 2.24) is 14.9 Å². The molecule has 1 aromatic rings. The predicted molar refractivity (Wildman–Crippen MR) is 69.8 cm³/mol. The van der Waals surface area contributed by atoms with Gasteiger partial charge in [0.05, 0.1) is 5.69 Å². The number of aryl methyl sites for hydroxylation is 1. The van der Waals surface area contributed by atoms with Gasteiger partial charge in [-0.05, 0) is 24.3 Å². The molecule has 0 saturated carbocycles. The summed E-state index contributed by atoms with van der Waals surface area (Å²) in [5.41, 5.74) is 2.61. The second-order valence-corrected chi connectivity index (χ2v) is 5.39. The smallest absolute Gasteiger partial charge is 0.128 e. The Labute approximate surface area is 104 Å².